The number of benzene rings is 1. The quantitative estimate of drug-likeness (QED) is 0.781. The molecule has 0 saturated heterocycles. The highest BCUT2D eigenvalue weighted by Crippen LogP contribution is 2.24. The lowest BCUT2D eigenvalue weighted by Crippen LogP contribution is -2.22. The summed E-state index contributed by atoms with van der Waals surface area (Å²) in [6, 6.07) is 5.89. The van der Waals surface area contributed by atoms with Crippen LogP contribution in [-0.2, 0) is 13.0 Å². The average molecular weight is 235 g/mol. The maximum absolute atomic E-state index is 9.96. The van der Waals surface area contributed by atoms with Gasteiger partial charge in [0.05, 0.1) is 0 Å². The Labute approximate surface area is 105 Å². The first-order chi connectivity index (χ1) is 8.22. The molecule has 0 aromatic heterocycles. The molecule has 0 saturated carbocycles. The van der Waals surface area contributed by atoms with Crippen LogP contribution >= 0.6 is 0 Å². The second-order valence-electron chi connectivity index (χ2n) is 4.48. The molecular weight excluding hydrogens is 210 g/mol. The third-order valence-corrected chi connectivity index (χ3v) is 3.32. The molecule has 0 unspecified atom stereocenters. The molecule has 0 bridgehead atoms. The van der Waals surface area contributed by atoms with Gasteiger partial charge in [-0.05, 0) is 43.1 Å². The number of hydrogen-bond acceptors (Lipinski definition) is 2. The van der Waals surface area contributed by atoms with Crippen molar-refractivity contribution in [2.75, 3.05) is 13.1 Å². The zero-order valence-electron chi connectivity index (χ0n) is 11.4. The first-order valence-electron chi connectivity index (χ1n) is 6.74. The van der Waals surface area contributed by atoms with Gasteiger partial charge in [-0.25, -0.2) is 0 Å². The Balaban J connectivity index is 2.85. The largest absolute Gasteiger partial charge is 0.508 e. The molecule has 17 heavy (non-hydrogen) atoms. The van der Waals surface area contributed by atoms with E-state index in [2.05, 4.69) is 31.7 Å². The Morgan fingerprint density at radius 3 is 2.41 bits per heavy atom. The minimum absolute atomic E-state index is 0.461. The zero-order valence-corrected chi connectivity index (χ0v) is 11.4. The number of phenols is 1. The van der Waals surface area contributed by atoms with Crippen molar-refractivity contribution in [1.82, 2.24) is 4.90 Å². The van der Waals surface area contributed by atoms with Crippen molar-refractivity contribution in [3.05, 3.63) is 29.3 Å². The molecule has 2 heteroatoms. The molecule has 96 valence electrons. The van der Waals surface area contributed by atoms with E-state index in [1.165, 1.54) is 12.0 Å². The molecular formula is C15H25NO. The summed E-state index contributed by atoms with van der Waals surface area (Å²) in [5.41, 5.74) is 2.42. The topological polar surface area (TPSA) is 23.5 Å². The number of nitrogens with zero attached hydrogens (tertiary/aromatic N) is 1. The van der Waals surface area contributed by atoms with Gasteiger partial charge in [-0.3, -0.25) is 4.90 Å². The van der Waals surface area contributed by atoms with E-state index in [1.807, 2.05) is 6.07 Å². The lowest BCUT2D eigenvalue weighted by Gasteiger charge is -2.20. The van der Waals surface area contributed by atoms with Gasteiger partial charge >= 0.3 is 0 Å². The van der Waals surface area contributed by atoms with Crippen molar-refractivity contribution < 1.29 is 5.11 Å². The summed E-state index contributed by atoms with van der Waals surface area (Å²) < 4.78 is 0. The van der Waals surface area contributed by atoms with Crippen LogP contribution in [0, 0.1) is 0 Å². The van der Waals surface area contributed by atoms with E-state index in [9.17, 15) is 5.11 Å². The van der Waals surface area contributed by atoms with Gasteiger partial charge in [-0.1, -0.05) is 39.3 Å². The smallest absolute Gasteiger partial charge is 0.119 e. The van der Waals surface area contributed by atoms with Gasteiger partial charge in [0.1, 0.15) is 5.75 Å². The minimum Gasteiger partial charge on any atom is -0.508 e. The zero-order chi connectivity index (χ0) is 12.7. The lowest BCUT2D eigenvalue weighted by molar-refractivity contribution is 0.294. The van der Waals surface area contributed by atoms with Crippen molar-refractivity contribution in [1.29, 1.82) is 0 Å². The van der Waals surface area contributed by atoms with Crippen LogP contribution in [0.3, 0.4) is 0 Å². The lowest BCUT2D eigenvalue weighted by atomic mass is 10.0. The first-order valence-corrected chi connectivity index (χ1v) is 6.74. The van der Waals surface area contributed by atoms with Crippen LogP contribution in [-0.4, -0.2) is 23.1 Å². The Bertz CT molecular complexity index is 332. The standard InChI is InChI=1S/C15H25NO/c1-4-7-10-14-13(9-8-11-15(14)17)12-16(5-2)6-3/h8-9,11,17H,4-7,10,12H2,1-3H3. The summed E-state index contributed by atoms with van der Waals surface area (Å²) in [5.74, 6) is 0.461. The highest BCUT2D eigenvalue weighted by molar-refractivity contribution is 5.39. The summed E-state index contributed by atoms with van der Waals surface area (Å²) >= 11 is 0. The van der Waals surface area contributed by atoms with Crippen LogP contribution in [0.25, 0.3) is 0 Å². The van der Waals surface area contributed by atoms with Crippen LogP contribution in [0.2, 0.25) is 0 Å². The number of rotatable bonds is 7. The van der Waals surface area contributed by atoms with E-state index in [0.29, 0.717) is 5.75 Å². The third-order valence-electron chi connectivity index (χ3n) is 3.32. The molecule has 0 radical (unpaired) electrons. The minimum atomic E-state index is 0.461. The van der Waals surface area contributed by atoms with E-state index in [-0.39, 0.29) is 0 Å². The fraction of sp³-hybridized carbons (Fsp3) is 0.600. The van der Waals surface area contributed by atoms with E-state index in [4.69, 9.17) is 0 Å². The van der Waals surface area contributed by atoms with Crippen molar-refractivity contribution in [3.63, 3.8) is 0 Å². The molecule has 0 heterocycles. The Kier molecular flexibility index (Phi) is 6.06. The van der Waals surface area contributed by atoms with E-state index < -0.39 is 0 Å². The van der Waals surface area contributed by atoms with Gasteiger partial charge in [0.2, 0.25) is 0 Å². The molecule has 1 rings (SSSR count). The molecule has 1 N–H and O–H groups in total. The summed E-state index contributed by atoms with van der Waals surface area (Å²) in [6.07, 6.45) is 3.29. The Hall–Kier alpha value is -1.02. The van der Waals surface area contributed by atoms with E-state index in [0.717, 1.165) is 38.0 Å². The molecule has 0 fully saturated rings. The monoisotopic (exact) mass is 235 g/mol. The van der Waals surface area contributed by atoms with Gasteiger partial charge in [-0.15, -0.1) is 0 Å². The molecule has 1 aromatic rings. The molecule has 0 aliphatic rings. The third kappa shape index (κ3) is 4.04. The highest BCUT2D eigenvalue weighted by Gasteiger charge is 2.09. The van der Waals surface area contributed by atoms with Crippen molar-refractivity contribution in [2.45, 2.75) is 46.6 Å². The van der Waals surface area contributed by atoms with Crippen LogP contribution in [0.5, 0.6) is 5.75 Å². The fourth-order valence-corrected chi connectivity index (χ4v) is 2.10. The number of unbranched alkanes of at least 4 members (excludes halogenated alkanes) is 1. The van der Waals surface area contributed by atoms with Crippen LogP contribution in [0.4, 0.5) is 0 Å². The van der Waals surface area contributed by atoms with Crippen molar-refractivity contribution in [2.24, 2.45) is 0 Å². The Morgan fingerprint density at radius 2 is 1.82 bits per heavy atom. The molecule has 0 aliphatic carbocycles. The van der Waals surface area contributed by atoms with Crippen molar-refractivity contribution >= 4 is 0 Å². The highest BCUT2D eigenvalue weighted by atomic mass is 16.3. The molecule has 0 spiro atoms. The maximum Gasteiger partial charge on any atom is 0.119 e. The second kappa shape index (κ2) is 7.33. The molecule has 1 aromatic carbocycles. The number of phenolic OH excluding ortho intramolecular Hbond substituents is 1. The van der Waals surface area contributed by atoms with Crippen LogP contribution in [0.1, 0.15) is 44.7 Å². The van der Waals surface area contributed by atoms with Crippen LogP contribution < -0.4 is 0 Å². The van der Waals surface area contributed by atoms with Gasteiger partial charge in [-0.2, -0.15) is 0 Å². The van der Waals surface area contributed by atoms with Crippen molar-refractivity contribution in [3.8, 4) is 5.75 Å². The predicted octanol–water partition coefficient (Wildman–Crippen LogP) is 3.58. The second-order valence-corrected chi connectivity index (χ2v) is 4.48. The summed E-state index contributed by atoms with van der Waals surface area (Å²) in [5, 5.41) is 9.96. The molecule has 0 amide bonds. The summed E-state index contributed by atoms with van der Waals surface area (Å²) in [7, 11) is 0. The summed E-state index contributed by atoms with van der Waals surface area (Å²) in [4.78, 5) is 2.38. The Morgan fingerprint density at radius 1 is 1.12 bits per heavy atom. The van der Waals surface area contributed by atoms with E-state index in [1.54, 1.807) is 6.07 Å². The van der Waals surface area contributed by atoms with Gasteiger partial charge < -0.3 is 5.11 Å². The SMILES string of the molecule is CCCCc1c(O)cccc1CN(CC)CC. The normalized spacial score (nSPS) is 11.1. The van der Waals surface area contributed by atoms with Crippen LogP contribution in [0.15, 0.2) is 18.2 Å². The number of hydrogen-bond donors (Lipinski definition) is 1. The average Bonchev–Trinajstić information content (AvgIpc) is 2.35. The maximum atomic E-state index is 9.96. The predicted molar refractivity (Wildman–Crippen MR) is 73.3 cm³/mol. The van der Waals surface area contributed by atoms with Gasteiger partial charge in [0, 0.05) is 6.54 Å². The summed E-state index contributed by atoms with van der Waals surface area (Å²) in [6.45, 7) is 9.60. The number of aromatic hydroxyl groups is 1. The fourth-order valence-electron chi connectivity index (χ4n) is 2.10. The molecule has 2 nitrogen and oxygen atoms in total. The van der Waals surface area contributed by atoms with Gasteiger partial charge in [0.15, 0.2) is 0 Å². The first kappa shape index (κ1) is 14.0. The molecule has 0 aliphatic heterocycles. The van der Waals surface area contributed by atoms with Gasteiger partial charge in [0.25, 0.3) is 0 Å². The molecule has 0 atom stereocenters. The van der Waals surface area contributed by atoms with E-state index >= 15 is 0 Å².